The number of hydrogen-bond donors (Lipinski definition) is 1. The number of rotatable bonds is 4. The molecule has 0 bridgehead atoms. The fraction of sp³-hybridized carbons (Fsp3) is 0.435. The van der Waals surface area contributed by atoms with E-state index < -0.39 is 0 Å². The quantitative estimate of drug-likeness (QED) is 0.419. The lowest BCUT2D eigenvalue weighted by Crippen LogP contribution is -2.26. The molecule has 2 aromatic heterocycles. The second-order valence-electron chi connectivity index (χ2n) is 8.87. The van der Waals surface area contributed by atoms with Crippen LogP contribution >= 0.6 is 23.1 Å². The molecule has 4 rings (SSSR count). The van der Waals surface area contributed by atoms with E-state index in [2.05, 4.69) is 36.1 Å². The third kappa shape index (κ3) is 4.48. The highest BCUT2D eigenvalue weighted by atomic mass is 32.2. The average molecular weight is 426 g/mol. The van der Waals surface area contributed by atoms with Crippen LogP contribution in [0.4, 0.5) is 5.69 Å². The van der Waals surface area contributed by atoms with Gasteiger partial charge in [0.05, 0.1) is 5.75 Å². The van der Waals surface area contributed by atoms with Gasteiger partial charge in [0.15, 0.2) is 0 Å². The fourth-order valence-corrected chi connectivity index (χ4v) is 6.06. The molecule has 1 unspecified atom stereocenters. The standard InChI is InChI=1S/C23H27N3OS2/c1-14-5-8-16(9-6-14)26-19(27)12-28-21-20-17-10-7-15(23(2,3)4)11-18(17)29-22(20)25-13-24-21/h5-6,8-9,13,15H,7,10-12H2,1-4H3,(H,26,27). The Hall–Kier alpha value is -1.92. The summed E-state index contributed by atoms with van der Waals surface area (Å²) in [6, 6.07) is 7.86. The van der Waals surface area contributed by atoms with E-state index in [0.29, 0.717) is 17.1 Å². The van der Waals surface area contributed by atoms with Gasteiger partial charge in [-0.3, -0.25) is 4.79 Å². The molecule has 152 valence electrons. The van der Waals surface area contributed by atoms with Gasteiger partial charge in [0.1, 0.15) is 16.2 Å². The summed E-state index contributed by atoms with van der Waals surface area (Å²) in [6.45, 7) is 9.05. The first kappa shape index (κ1) is 20.4. The van der Waals surface area contributed by atoms with Crippen LogP contribution in [0.2, 0.25) is 0 Å². The van der Waals surface area contributed by atoms with E-state index in [0.717, 1.165) is 28.4 Å². The Morgan fingerprint density at radius 3 is 2.72 bits per heavy atom. The number of nitrogens with one attached hydrogen (secondary N) is 1. The number of aromatic nitrogens is 2. The summed E-state index contributed by atoms with van der Waals surface area (Å²) in [4.78, 5) is 24.0. The number of carbonyl (C=O) groups is 1. The van der Waals surface area contributed by atoms with Crippen LogP contribution in [0.5, 0.6) is 0 Å². The highest BCUT2D eigenvalue weighted by molar-refractivity contribution is 8.00. The maximum Gasteiger partial charge on any atom is 0.234 e. The van der Waals surface area contributed by atoms with Gasteiger partial charge < -0.3 is 5.32 Å². The van der Waals surface area contributed by atoms with Gasteiger partial charge in [-0.2, -0.15) is 0 Å². The second kappa shape index (κ2) is 8.07. The molecule has 1 aromatic carbocycles. The largest absolute Gasteiger partial charge is 0.325 e. The van der Waals surface area contributed by atoms with Gasteiger partial charge in [0.2, 0.25) is 5.91 Å². The highest BCUT2D eigenvalue weighted by Crippen LogP contribution is 2.44. The van der Waals surface area contributed by atoms with Crippen molar-refractivity contribution in [2.45, 2.75) is 52.0 Å². The van der Waals surface area contributed by atoms with Gasteiger partial charge in [-0.1, -0.05) is 50.2 Å². The molecular weight excluding hydrogens is 398 g/mol. The van der Waals surface area contributed by atoms with Crippen LogP contribution in [0.25, 0.3) is 10.2 Å². The first-order chi connectivity index (χ1) is 13.8. The molecule has 6 heteroatoms. The van der Waals surface area contributed by atoms with Crippen molar-refractivity contribution in [3.63, 3.8) is 0 Å². The summed E-state index contributed by atoms with van der Waals surface area (Å²) in [7, 11) is 0. The molecule has 0 spiro atoms. The monoisotopic (exact) mass is 425 g/mol. The average Bonchev–Trinajstić information content (AvgIpc) is 3.06. The fourth-order valence-electron chi connectivity index (χ4n) is 3.90. The molecule has 4 nitrogen and oxygen atoms in total. The first-order valence-corrected chi connectivity index (χ1v) is 11.9. The van der Waals surface area contributed by atoms with Gasteiger partial charge in [-0.15, -0.1) is 11.3 Å². The summed E-state index contributed by atoms with van der Waals surface area (Å²) < 4.78 is 0. The van der Waals surface area contributed by atoms with E-state index in [1.165, 1.54) is 39.6 Å². The maximum atomic E-state index is 12.4. The number of thiophene rings is 1. The Bertz CT molecular complexity index is 1030. The topological polar surface area (TPSA) is 54.9 Å². The molecule has 0 saturated carbocycles. The van der Waals surface area contributed by atoms with E-state index in [-0.39, 0.29) is 5.91 Å². The zero-order chi connectivity index (χ0) is 20.6. The lowest BCUT2D eigenvalue weighted by molar-refractivity contribution is -0.113. The Morgan fingerprint density at radius 2 is 2.00 bits per heavy atom. The molecule has 2 heterocycles. The molecule has 0 aliphatic heterocycles. The van der Waals surface area contributed by atoms with E-state index >= 15 is 0 Å². The highest BCUT2D eigenvalue weighted by Gasteiger charge is 2.31. The number of nitrogens with zero attached hydrogens (tertiary/aromatic N) is 2. The summed E-state index contributed by atoms with van der Waals surface area (Å²) in [6.07, 6.45) is 5.03. The number of benzene rings is 1. The Kier molecular flexibility index (Phi) is 5.67. The van der Waals surface area contributed by atoms with Gasteiger partial charge in [0.25, 0.3) is 0 Å². The smallest absolute Gasteiger partial charge is 0.234 e. The third-order valence-corrected chi connectivity index (χ3v) is 7.86. The zero-order valence-electron chi connectivity index (χ0n) is 17.4. The molecular formula is C23H27N3OS2. The van der Waals surface area contributed by atoms with Crippen LogP contribution < -0.4 is 5.32 Å². The van der Waals surface area contributed by atoms with Crippen LogP contribution in [-0.4, -0.2) is 21.6 Å². The minimum absolute atomic E-state index is 0.0116. The normalized spacial score (nSPS) is 16.6. The molecule has 1 amide bonds. The SMILES string of the molecule is Cc1ccc(NC(=O)CSc2ncnc3sc4c(c23)CCC(C(C)(C)C)C4)cc1. The number of amides is 1. The van der Waals surface area contributed by atoms with Crippen molar-refractivity contribution in [1.29, 1.82) is 0 Å². The second-order valence-corrected chi connectivity index (χ2v) is 10.9. The van der Waals surface area contributed by atoms with Gasteiger partial charge >= 0.3 is 0 Å². The Labute approximate surface area is 180 Å². The minimum atomic E-state index is -0.0116. The lowest BCUT2D eigenvalue weighted by atomic mass is 9.72. The van der Waals surface area contributed by atoms with Crippen molar-refractivity contribution in [1.82, 2.24) is 9.97 Å². The molecule has 0 radical (unpaired) electrons. The summed E-state index contributed by atoms with van der Waals surface area (Å²) in [5.41, 5.74) is 3.74. The van der Waals surface area contributed by atoms with Gasteiger partial charge in [-0.05, 0) is 55.2 Å². The maximum absolute atomic E-state index is 12.4. The van der Waals surface area contributed by atoms with Crippen molar-refractivity contribution in [3.05, 3.63) is 46.6 Å². The van der Waals surface area contributed by atoms with Crippen molar-refractivity contribution < 1.29 is 4.79 Å². The molecule has 1 atom stereocenters. The molecule has 3 aromatic rings. The number of carbonyl (C=O) groups excluding carboxylic acids is 1. The number of aryl methyl sites for hydroxylation is 2. The van der Waals surface area contributed by atoms with Crippen LogP contribution in [0, 0.1) is 18.3 Å². The van der Waals surface area contributed by atoms with E-state index in [1.807, 2.05) is 31.2 Å². The number of fused-ring (bicyclic) bond motifs is 3. The molecule has 1 aliphatic rings. The van der Waals surface area contributed by atoms with Crippen LogP contribution in [0.3, 0.4) is 0 Å². The van der Waals surface area contributed by atoms with E-state index in [1.54, 1.807) is 17.7 Å². The van der Waals surface area contributed by atoms with Crippen molar-refractivity contribution in [3.8, 4) is 0 Å². The summed E-state index contributed by atoms with van der Waals surface area (Å²) in [5, 5.41) is 5.07. The predicted octanol–water partition coefficient (Wildman–Crippen LogP) is 5.88. The lowest BCUT2D eigenvalue weighted by Gasteiger charge is -2.33. The van der Waals surface area contributed by atoms with E-state index in [4.69, 9.17) is 0 Å². The van der Waals surface area contributed by atoms with Crippen molar-refractivity contribution >= 4 is 44.9 Å². The number of hydrogen-bond acceptors (Lipinski definition) is 5. The summed E-state index contributed by atoms with van der Waals surface area (Å²) >= 11 is 3.31. The third-order valence-electron chi connectivity index (χ3n) is 5.71. The number of thioether (sulfide) groups is 1. The van der Waals surface area contributed by atoms with Crippen LogP contribution in [-0.2, 0) is 17.6 Å². The first-order valence-electron chi connectivity index (χ1n) is 10.1. The molecule has 1 aliphatic carbocycles. The molecule has 0 fully saturated rings. The molecule has 29 heavy (non-hydrogen) atoms. The zero-order valence-corrected chi connectivity index (χ0v) is 19.0. The van der Waals surface area contributed by atoms with Crippen LogP contribution in [0.15, 0.2) is 35.6 Å². The van der Waals surface area contributed by atoms with Crippen molar-refractivity contribution in [2.24, 2.45) is 11.3 Å². The minimum Gasteiger partial charge on any atom is -0.325 e. The van der Waals surface area contributed by atoms with Gasteiger partial charge in [-0.25, -0.2) is 9.97 Å². The Balaban J connectivity index is 1.50. The Morgan fingerprint density at radius 1 is 1.24 bits per heavy atom. The van der Waals surface area contributed by atoms with E-state index in [9.17, 15) is 4.79 Å². The van der Waals surface area contributed by atoms with Crippen LogP contribution in [0.1, 0.15) is 43.2 Å². The predicted molar refractivity (Wildman–Crippen MR) is 123 cm³/mol. The molecule has 1 N–H and O–H groups in total. The summed E-state index contributed by atoms with van der Waals surface area (Å²) in [5.74, 6) is 1.03. The van der Waals surface area contributed by atoms with Crippen molar-refractivity contribution in [2.75, 3.05) is 11.1 Å². The van der Waals surface area contributed by atoms with Gasteiger partial charge in [0, 0.05) is 16.0 Å². The number of anilines is 1. The molecule has 0 saturated heterocycles.